The molecule has 0 aromatic rings. The molecule has 4 rings (SSSR count). The van der Waals surface area contributed by atoms with Crippen molar-refractivity contribution in [3.8, 4) is 0 Å². The molecule has 0 unspecified atom stereocenters. The van der Waals surface area contributed by atoms with Gasteiger partial charge in [-0.25, -0.2) is 0 Å². The van der Waals surface area contributed by atoms with Gasteiger partial charge in [0.05, 0.1) is 31.8 Å². The van der Waals surface area contributed by atoms with Crippen LogP contribution in [0.1, 0.15) is 59.3 Å². The van der Waals surface area contributed by atoms with Crippen LogP contribution in [0.5, 0.6) is 0 Å². The Morgan fingerprint density at radius 1 is 0.857 bits per heavy atom. The van der Waals surface area contributed by atoms with Gasteiger partial charge < -0.3 is 33.2 Å². The Kier molecular flexibility index (Phi) is 6.03. The highest BCUT2D eigenvalue weighted by Crippen LogP contribution is 2.57. The quantitative estimate of drug-likeness (QED) is 0.449. The van der Waals surface area contributed by atoms with Gasteiger partial charge in [-0.05, 0) is 77.0 Å². The van der Waals surface area contributed by atoms with Crippen molar-refractivity contribution < 1.29 is 33.2 Å². The molecule has 0 N–H and O–H groups in total. The van der Waals surface area contributed by atoms with Gasteiger partial charge in [-0.15, -0.1) is 0 Å². The Hall–Kier alpha value is 0.650. The summed E-state index contributed by atoms with van der Waals surface area (Å²) in [6.45, 7) is 12.9. The van der Waals surface area contributed by atoms with Gasteiger partial charge in [0.15, 0.2) is 0 Å². The van der Waals surface area contributed by atoms with E-state index in [0.29, 0.717) is 5.60 Å². The highest BCUT2D eigenvalue weighted by atomic mass is 127. The summed E-state index contributed by atoms with van der Waals surface area (Å²) in [5, 5.41) is 0. The average molecular weight is 407 g/mol. The van der Waals surface area contributed by atoms with Crippen molar-refractivity contribution in [2.75, 3.05) is 32.8 Å². The van der Waals surface area contributed by atoms with Crippen LogP contribution in [0.3, 0.4) is 0 Å². The summed E-state index contributed by atoms with van der Waals surface area (Å²) >= 11 is 0. The first-order chi connectivity index (χ1) is 9.62. The SMILES string of the molecule is CC[N+](CC)(CC)CCOC12CC3CC(CC(C3)C1)C2.[I-]. The second-order valence-electron chi connectivity index (χ2n) is 7.96. The van der Waals surface area contributed by atoms with Crippen LogP contribution in [0.25, 0.3) is 0 Å². The van der Waals surface area contributed by atoms with E-state index in [1.165, 1.54) is 69.2 Å². The second kappa shape index (κ2) is 7.04. The number of quaternary nitrogens is 1. The number of nitrogens with zero attached hydrogens (tertiary/aromatic N) is 1. The van der Waals surface area contributed by atoms with Crippen LogP contribution in [-0.2, 0) is 4.74 Å². The maximum absolute atomic E-state index is 6.59. The number of likely N-dealkylation sites (N-methyl/N-ethyl adjacent to an activating group) is 1. The molecule has 124 valence electrons. The Bertz CT molecular complexity index is 297. The molecule has 0 amide bonds. The third-order valence-electron chi connectivity index (χ3n) is 6.97. The normalized spacial score (nSPS) is 37.6. The predicted octanol–water partition coefficient (Wildman–Crippen LogP) is 0.852. The first kappa shape index (κ1) is 18.0. The van der Waals surface area contributed by atoms with Gasteiger partial charge in [-0.2, -0.15) is 0 Å². The second-order valence-corrected chi connectivity index (χ2v) is 7.96. The maximum atomic E-state index is 6.59. The fourth-order valence-electron chi connectivity index (χ4n) is 5.81. The van der Waals surface area contributed by atoms with Crippen molar-refractivity contribution in [3.05, 3.63) is 0 Å². The van der Waals surface area contributed by atoms with Crippen molar-refractivity contribution in [1.29, 1.82) is 0 Å². The number of hydrogen-bond acceptors (Lipinski definition) is 1. The smallest absolute Gasteiger partial charge is 0.102 e. The lowest BCUT2D eigenvalue weighted by Crippen LogP contribution is -3.00. The maximum Gasteiger partial charge on any atom is 0.102 e. The molecule has 4 aliphatic rings. The summed E-state index contributed by atoms with van der Waals surface area (Å²) in [4.78, 5) is 0. The third-order valence-corrected chi connectivity index (χ3v) is 6.97. The molecule has 0 saturated heterocycles. The minimum Gasteiger partial charge on any atom is -1.00 e. The Morgan fingerprint density at radius 2 is 1.29 bits per heavy atom. The van der Waals surface area contributed by atoms with Crippen molar-refractivity contribution in [3.63, 3.8) is 0 Å². The van der Waals surface area contributed by atoms with Gasteiger partial charge in [-0.1, -0.05) is 0 Å². The van der Waals surface area contributed by atoms with E-state index in [4.69, 9.17) is 4.74 Å². The largest absolute Gasteiger partial charge is 1.00 e. The molecule has 0 aromatic carbocycles. The van der Waals surface area contributed by atoms with Gasteiger partial charge in [-0.3, -0.25) is 0 Å². The topological polar surface area (TPSA) is 9.23 Å². The summed E-state index contributed by atoms with van der Waals surface area (Å²) in [7, 11) is 0. The van der Waals surface area contributed by atoms with Crippen molar-refractivity contribution in [1.82, 2.24) is 0 Å². The zero-order valence-electron chi connectivity index (χ0n) is 14.2. The monoisotopic (exact) mass is 407 g/mol. The van der Waals surface area contributed by atoms with Gasteiger partial charge in [0, 0.05) is 0 Å². The van der Waals surface area contributed by atoms with Gasteiger partial charge in [0.1, 0.15) is 6.54 Å². The van der Waals surface area contributed by atoms with Crippen molar-refractivity contribution in [2.24, 2.45) is 17.8 Å². The Morgan fingerprint density at radius 3 is 1.67 bits per heavy atom. The molecule has 0 spiro atoms. The fraction of sp³-hybridized carbons (Fsp3) is 1.00. The van der Waals surface area contributed by atoms with Crippen LogP contribution in [0.2, 0.25) is 0 Å². The number of halogens is 1. The molecule has 4 aliphatic carbocycles. The molecule has 4 fully saturated rings. The van der Waals surface area contributed by atoms with E-state index >= 15 is 0 Å². The third kappa shape index (κ3) is 3.60. The van der Waals surface area contributed by atoms with Gasteiger partial charge >= 0.3 is 0 Å². The van der Waals surface area contributed by atoms with Crippen LogP contribution in [0.4, 0.5) is 0 Å². The highest BCUT2D eigenvalue weighted by molar-refractivity contribution is 5.03. The minimum atomic E-state index is 0. The summed E-state index contributed by atoms with van der Waals surface area (Å²) in [6.07, 6.45) is 8.68. The molecule has 0 aromatic heterocycles. The zero-order valence-corrected chi connectivity index (χ0v) is 16.4. The van der Waals surface area contributed by atoms with Crippen molar-refractivity contribution in [2.45, 2.75) is 64.9 Å². The van der Waals surface area contributed by atoms with Crippen LogP contribution in [0.15, 0.2) is 0 Å². The molecule has 2 nitrogen and oxygen atoms in total. The minimum absolute atomic E-state index is 0. The Labute approximate surface area is 148 Å². The van der Waals surface area contributed by atoms with E-state index in [2.05, 4.69) is 20.8 Å². The highest BCUT2D eigenvalue weighted by Gasteiger charge is 2.51. The molecule has 21 heavy (non-hydrogen) atoms. The first-order valence-electron chi connectivity index (χ1n) is 9.11. The molecular formula is C18H34INO. The van der Waals surface area contributed by atoms with Crippen molar-refractivity contribution >= 4 is 0 Å². The molecule has 0 atom stereocenters. The predicted molar refractivity (Wildman–Crippen MR) is 83.6 cm³/mol. The summed E-state index contributed by atoms with van der Waals surface area (Å²) in [6, 6.07) is 0. The van der Waals surface area contributed by atoms with E-state index in [1.54, 1.807) is 0 Å². The molecule has 3 heteroatoms. The average Bonchev–Trinajstić information content (AvgIpc) is 2.42. The number of rotatable bonds is 7. The first-order valence-corrected chi connectivity index (χ1v) is 9.11. The molecule has 0 radical (unpaired) electrons. The lowest BCUT2D eigenvalue weighted by molar-refractivity contribution is -0.923. The van der Waals surface area contributed by atoms with E-state index in [9.17, 15) is 0 Å². The Balaban J connectivity index is 0.00000161. The van der Waals surface area contributed by atoms with E-state index < -0.39 is 0 Å². The molecule has 0 heterocycles. The lowest BCUT2D eigenvalue weighted by Gasteiger charge is -2.56. The van der Waals surface area contributed by atoms with Crippen LogP contribution in [0, 0.1) is 17.8 Å². The molecule has 4 bridgehead atoms. The molecule has 0 aliphatic heterocycles. The number of ether oxygens (including phenoxy) is 1. The van der Waals surface area contributed by atoms with Crippen LogP contribution >= 0.6 is 0 Å². The number of hydrogen-bond donors (Lipinski definition) is 0. The fourth-order valence-corrected chi connectivity index (χ4v) is 5.81. The zero-order chi connectivity index (χ0) is 14.2. The summed E-state index contributed by atoms with van der Waals surface area (Å²) in [5.74, 6) is 3.01. The van der Waals surface area contributed by atoms with Crippen LogP contribution in [-0.4, -0.2) is 42.9 Å². The molecule has 4 saturated carbocycles. The molecular weight excluding hydrogens is 373 g/mol. The van der Waals surface area contributed by atoms with E-state index in [0.717, 1.165) is 24.4 Å². The van der Waals surface area contributed by atoms with Gasteiger partial charge in [0.25, 0.3) is 0 Å². The summed E-state index contributed by atoms with van der Waals surface area (Å²) < 4.78 is 7.82. The standard InChI is InChI=1S/C18H34NO.HI/c1-4-19(5-2,6-3)7-8-20-18-12-15-9-16(13-18)11-17(10-15)14-18;/h15-17H,4-14H2,1-3H3;1H/q+1;/p-1. The van der Waals surface area contributed by atoms with Crippen LogP contribution < -0.4 is 24.0 Å². The summed E-state index contributed by atoms with van der Waals surface area (Å²) in [5.41, 5.74) is 0.305. The van der Waals surface area contributed by atoms with E-state index in [1.807, 2.05) is 0 Å². The van der Waals surface area contributed by atoms with E-state index in [-0.39, 0.29) is 24.0 Å². The lowest BCUT2D eigenvalue weighted by atomic mass is 9.54. The van der Waals surface area contributed by atoms with Gasteiger partial charge in [0.2, 0.25) is 0 Å².